The Kier molecular flexibility index (Phi) is 4.60. The van der Waals surface area contributed by atoms with Gasteiger partial charge >= 0.3 is 0 Å². The second-order valence-electron chi connectivity index (χ2n) is 6.21. The molecule has 0 aromatic carbocycles. The minimum Gasteiger partial charge on any atom is -0.330 e. The summed E-state index contributed by atoms with van der Waals surface area (Å²) in [5, 5.41) is 0. The summed E-state index contributed by atoms with van der Waals surface area (Å²) >= 11 is 0. The predicted molar refractivity (Wildman–Crippen MR) is 66.9 cm³/mol. The molecule has 0 radical (unpaired) electrons. The van der Waals surface area contributed by atoms with Crippen LogP contribution < -0.4 is 5.73 Å². The lowest BCUT2D eigenvalue weighted by Gasteiger charge is -2.44. The van der Waals surface area contributed by atoms with E-state index in [1.165, 1.54) is 32.4 Å². The molecule has 2 unspecified atom stereocenters. The Morgan fingerprint density at radius 1 is 1.33 bits per heavy atom. The van der Waals surface area contributed by atoms with E-state index >= 15 is 0 Å². The van der Waals surface area contributed by atoms with Crippen molar-refractivity contribution in [2.24, 2.45) is 17.1 Å². The van der Waals surface area contributed by atoms with Crippen molar-refractivity contribution >= 4 is 0 Å². The fourth-order valence-electron chi connectivity index (χ4n) is 2.67. The van der Waals surface area contributed by atoms with Crippen LogP contribution in [0.4, 0.5) is 0 Å². The Balaban J connectivity index is 2.58. The van der Waals surface area contributed by atoms with Gasteiger partial charge in [-0.3, -0.25) is 4.90 Å². The molecule has 0 aromatic rings. The van der Waals surface area contributed by atoms with Crippen LogP contribution in [0.5, 0.6) is 0 Å². The van der Waals surface area contributed by atoms with Gasteiger partial charge in [-0.2, -0.15) is 0 Å². The summed E-state index contributed by atoms with van der Waals surface area (Å²) in [5.74, 6) is 0.632. The van der Waals surface area contributed by atoms with Crippen molar-refractivity contribution in [2.45, 2.75) is 53.0 Å². The molecule has 0 amide bonds. The zero-order valence-electron chi connectivity index (χ0n) is 10.9. The molecule has 0 saturated carbocycles. The van der Waals surface area contributed by atoms with Gasteiger partial charge in [0.2, 0.25) is 0 Å². The highest BCUT2D eigenvalue weighted by molar-refractivity contribution is 4.86. The van der Waals surface area contributed by atoms with Crippen molar-refractivity contribution < 1.29 is 0 Å². The van der Waals surface area contributed by atoms with Crippen molar-refractivity contribution in [1.29, 1.82) is 0 Å². The summed E-state index contributed by atoms with van der Waals surface area (Å²) in [4.78, 5) is 2.67. The van der Waals surface area contributed by atoms with Gasteiger partial charge in [-0.05, 0) is 37.3 Å². The first kappa shape index (κ1) is 13.0. The van der Waals surface area contributed by atoms with E-state index in [1.54, 1.807) is 0 Å². The lowest BCUT2D eigenvalue weighted by atomic mass is 9.80. The topological polar surface area (TPSA) is 29.3 Å². The molecule has 2 N–H and O–H groups in total. The summed E-state index contributed by atoms with van der Waals surface area (Å²) in [7, 11) is 0. The molecule has 1 aliphatic heterocycles. The molecule has 0 aromatic heterocycles. The standard InChI is InChI=1S/C13H28N2/c1-11(9-14)10-15-8-6-5-7-12(15)13(2,3)4/h11-12H,5-10,14H2,1-4H3. The van der Waals surface area contributed by atoms with Crippen LogP contribution in [0.1, 0.15) is 47.0 Å². The van der Waals surface area contributed by atoms with Crippen LogP contribution >= 0.6 is 0 Å². The highest BCUT2D eigenvalue weighted by atomic mass is 15.2. The molecule has 2 heteroatoms. The first-order chi connectivity index (χ1) is 6.95. The Labute approximate surface area is 95.2 Å². The van der Waals surface area contributed by atoms with Crippen molar-refractivity contribution in [1.82, 2.24) is 4.90 Å². The van der Waals surface area contributed by atoms with Gasteiger partial charge < -0.3 is 5.73 Å². The molecule has 90 valence electrons. The third kappa shape index (κ3) is 3.76. The Morgan fingerprint density at radius 3 is 2.53 bits per heavy atom. The van der Waals surface area contributed by atoms with Gasteiger partial charge in [-0.25, -0.2) is 0 Å². The Hall–Kier alpha value is -0.0800. The van der Waals surface area contributed by atoms with Crippen molar-refractivity contribution in [3.8, 4) is 0 Å². The normalized spacial score (nSPS) is 26.6. The van der Waals surface area contributed by atoms with Gasteiger partial charge in [0.1, 0.15) is 0 Å². The highest BCUT2D eigenvalue weighted by Crippen LogP contribution is 2.32. The van der Waals surface area contributed by atoms with E-state index < -0.39 is 0 Å². The number of nitrogens with two attached hydrogens (primary N) is 1. The maximum atomic E-state index is 5.72. The van der Waals surface area contributed by atoms with Crippen LogP contribution in [-0.4, -0.2) is 30.6 Å². The minimum atomic E-state index is 0.411. The Morgan fingerprint density at radius 2 is 2.00 bits per heavy atom. The molecule has 1 rings (SSSR count). The lowest BCUT2D eigenvalue weighted by Crippen LogP contribution is -2.49. The number of nitrogens with zero attached hydrogens (tertiary/aromatic N) is 1. The Bertz CT molecular complexity index is 183. The van der Waals surface area contributed by atoms with Gasteiger partial charge in [0.05, 0.1) is 0 Å². The third-order valence-corrected chi connectivity index (χ3v) is 3.56. The first-order valence-electron chi connectivity index (χ1n) is 6.39. The van der Waals surface area contributed by atoms with E-state index in [2.05, 4.69) is 32.6 Å². The molecule has 1 fully saturated rings. The van der Waals surface area contributed by atoms with E-state index in [9.17, 15) is 0 Å². The molecule has 0 aliphatic carbocycles. The molecular weight excluding hydrogens is 184 g/mol. The van der Waals surface area contributed by atoms with E-state index in [-0.39, 0.29) is 0 Å². The molecule has 2 atom stereocenters. The molecule has 15 heavy (non-hydrogen) atoms. The average Bonchev–Trinajstić information content (AvgIpc) is 2.17. The van der Waals surface area contributed by atoms with Crippen molar-refractivity contribution in [2.75, 3.05) is 19.6 Å². The molecule has 1 heterocycles. The van der Waals surface area contributed by atoms with Crippen LogP contribution in [0, 0.1) is 11.3 Å². The summed E-state index contributed by atoms with van der Waals surface area (Å²) in [6.45, 7) is 12.6. The van der Waals surface area contributed by atoms with Crippen LogP contribution in [0.3, 0.4) is 0 Å². The zero-order chi connectivity index (χ0) is 11.5. The fourth-order valence-corrected chi connectivity index (χ4v) is 2.67. The minimum absolute atomic E-state index is 0.411. The van der Waals surface area contributed by atoms with Crippen LogP contribution in [0.15, 0.2) is 0 Å². The monoisotopic (exact) mass is 212 g/mol. The zero-order valence-corrected chi connectivity index (χ0v) is 10.9. The lowest BCUT2D eigenvalue weighted by molar-refractivity contribution is 0.0533. The summed E-state index contributed by atoms with van der Waals surface area (Å²) < 4.78 is 0. The number of hydrogen-bond donors (Lipinski definition) is 1. The van der Waals surface area contributed by atoms with Gasteiger partial charge in [0.15, 0.2) is 0 Å². The van der Waals surface area contributed by atoms with Gasteiger partial charge in [0.25, 0.3) is 0 Å². The fraction of sp³-hybridized carbons (Fsp3) is 1.00. The second-order valence-corrected chi connectivity index (χ2v) is 6.21. The summed E-state index contributed by atoms with van der Waals surface area (Å²) in [6, 6.07) is 0.750. The van der Waals surface area contributed by atoms with E-state index in [1.807, 2.05) is 0 Å². The molecule has 1 saturated heterocycles. The maximum absolute atomic E-state index is 5.72. The number of rotatable bonds is 3. The molecular formula is C13H28N2. The van der Waals surface area contributed by atoms with Crippen molar-refractivity contribution in [3.63, 3.8) is 0 Å². The van der Waals surface area contributed by atoms with Crippen LogP contribution in [0.25, 0.3) is 0 Å². The van der Waals surface area contributed by atoms with E-state index in [0.29, 0.717) is 11.3 Å². The van der Waals surface area contributed by atoms with Gasteiger partial charge in [0, 0.05) is 12.6 Å². The van der Waals surface area contributed by atoms with Crippen LogP contribution in [-0.2, 0) is 0 Å². The molecule has 1 aliphatic rings. The number of likely N-dealkylation sites (tertiary alicyclic amines) is 1. The van der Waals surface area contributed by atoms with Gasteiger partial charge in [-0.15, -0.1) is 0 Å². The van der Waals surface area contributed by atoms with Crippen LogP contribution in [0.2, 0.25) is 0 Å². The number of hydrogen-bond acceptors (Lipinski definition) is 2. The largest absolute Gasteiger partial charge is 0.330 e. The number of piperidine rings is 1. The SMILES string of the molecule is CC(CN)CN1CCCCC1C(C)(C)C. The van der Waals surface area contributed by atoms with E-state index in [0.717, 1.165) is 12.6 Å². The second kappa shape index (κ2) is 5.31. The average molecular weight is 212 g/mol. The summed E-state index contributed by atoms with van der Waals surface area (Å²) in [6.07, 6.45) is 4.13. The first-order valence-corrected chi connectivity index (χ1v) is 6.39. The van der Waals surface area contributed by atoms with Crippen molar-refractivity contribution in [3.05, 3.63) is 0 Å². The molecule has 0 spiro atoms. The predicted octanol–water partition coefficient (Wildman–Crippen LogP) is 2.48. The summed E-state index contributed by atoms with van der Waals surface area (Å²) in [5.41, 5.74) is 6.13. The quantitative estimate of drug-likeness (QED) is 0.779. The highest BCUT2D eigenvalue weighted by Gasteiger charge is 2.32. The third-order valence-electron chi connectivity index (χ3n) is 3.56. The van der Waals surface area contributed by atoms with E-state index in [4.69, 9.17) is 5.73 Å². The molecule has 0 bridgehead atoms. The molecule has 2 nitrogen and oxygen atoms in total. The maximum Gasteiger partial charge on any atom is 0.0144 e. The smallest absolute Gasteiger partial charge is 0.0144 e. The van der Waals surface area contributed by atoms with Gasteiger partial charge in [-0.1, -0.05) is 34.1 Å².